The molecule has 2 N–H and O–H groups in total. The molecule has 0 spiro atoms. The standard InChI is InChI=1S/C23H28N2O/c1-2-17-9-6-10-20-19-13-12-18(15-21(19)25-23(17)20)24-22(26)14-11-16-7-4-3-5-8-16/h6,9-10,12-13,15-16,25H,2-5,7-8,11,14H2,1H3,(H,24,26). The molecule has 1 aliphatic carbocycles. The van der Waals surface area contributed by atoms with Crippen molar-refractivity contribution in [2.75, 3.05) is 5.32 Å². The fourth-order valence-corrected chi connectivity index (χ4v) is 4.40. The molecule has 4 rings (SSSR count). The number of fused-ring (bicyclic) bond motifs is 3. The van der Waals surface area contributed by atoms with E-state index in [-0.39, 0.29) is 5.91 Å². The van der Waals surface area contributed by atoms with Gasteiger partial charge in [-0.15, -0.1) is 0 Å². The summed E-state index contributed by atoms with van der Waals surface area (Å²) in [4.78, 5) is 15.9. The van der Waals surface area contributed by atoms with E-state index in [2.05, 4.69) is 47.6 Å². The maximum atomic E-state index is 12.3. The third-order valence-electron chi connectivity index (χ3n) is 5.89. The number of para-hydroxylation sites is 1. The number of anilines is 1. The Morgan fingerprint density at radius 2 is 1.96 bits per heavy atom. The summed E-state index contributed by atoms with van der Waals surface area (Å²) in [5.74, 6) is 0.887. The lowest BCUT2D eigenvalue weighted by atomic mass is 9.86. The van der Waals surface area contributed by atoms with Gasteiger partial charge in [-0.3, -0.25) is 4.79 Å². The Labute approximate surface area is 155 Å². The zero-order valence-corrected chi connectivity index (χ0v) is 15.6. The number of aryl methyl sites for hydroxylation is 1. The molecule has 3 heteroatoms. The van der Waals surface area contributed by atoms with Crippen LogP contribution in [0.15, 0.2) is 36.4 Å². The number of rotatable bonds is 5. The lowest BCUT2D eigenvalue weighted by molar-refractivity contribution is -0.116. The Kier molecular flexibility index (Phi) is 4.96. The number of benzene rings is 2. The molecule has 3 aromatic rings. The molecule has 1 heterocycles. The summed E-state index contributed by atoms with van der Waals surface area (Å²) in [7, 11) is 0. The van der Waals surface area contributed by atoms with E-state index < -0.39 is 0 Å². The summed E-state index contributed by atoms with van der Waals surface area (Å²) in [6.45, 7) is 2.18. The van der Waals surface area contributed by atoms with E-state index in [0.717, 1.165) is 30.0 Å². The van der Waals surface area contributed by atoms with Crippen LogP contribution in [0.5, 0.6) is 0 Å². The highest BCUT2D eigenvalue weighted by molar-refractivity contribution is 6.09. The first-order valence-electron chi connectivity index (χ1n) is 10.1. The predicted molar refractivity (Wildman–Crippen MR) is 110 cm³/mol. The summed E-state index contributed by atoms with van der Waals surface area (Å²) in [6, 6.07) is 12.7. The van der Waals surface area contributed by atoms with E-state index in [4.69, 9.17) is 0 Å². The molecular weight excluding hydrogens is 320 g/mol. The molecule has 1 aliphatic rings. The second-order valence-corrected chi connectivity index (χ2v) is 7.67. The highest BCUT2D eigenvalue weighted by atomic mass is 16.1. The molecule has 136 valence electrons. The Bertz CT molecular complexity index is 918. The number of carbonyl (C=O) groups excluding carboxylic acids is 1. The second-order valence-electron chi connectivity index (χ2n) is 7.67. The normalized spacial score (nSPS) is 15.6. The van der Waals surface area contributed by atoms with Gasteiger partial charge >= 0.3 is 0 Å². The van der Waals surface area contributed by atoms with Crippen LogP contribution < -0.4 is 5.32 Å². The monoisotopic (exact) mass is 348 g/mol. The van der Waals surface area contributed by atoms with Crippen LogP contribution in [0.1, 0.15) is 57.4 Å². The maximum absolute atomic E-state index is 12.3. The second kappa shape index (κ2) is 7.53. The minimum atomic E-state index is 0.139. The van der Waals surface area contributed by atoms with Gasteiger partial charge in [-0.1, -0.05) is 63.3 Å². The van der Waals surface area contributed by atoms with Crippen LogP contribution in [0.3, 0.4) is 0 Å². The highest BCUT2D eigenvalue weighted by Gasteiger charge is 2.15. The van der Waals surface area contributed by atoms with Crippen LogP contribution in [-0.2, 0) is 11.2 Å². The molecule has 0 atom stereocenters. The minimum absolute atomic E-state index is 0.139. The van der Waals surface area contributed by atoms with E-state index in [0.29, 0.717) is 6.42 Å². The molecule has 0 unspecified atom stereocenters. The third kappa shape index (κ3) is 3.48. The maximum Gasteiger partial charge on any atom is 0.224 e. The van der Waals surface area contributed by atoms with Gasteiger partial charge in [-0.2, -0.15) is 0 Å². The van der Waals surface area contributed by atoms with E-state index in [1.54, 1.807) is 0 Å². The molecule has 3 nitrogen and oxygen atoms in total. The molecule has 0 aliphatic heterocycles. The SMILES string of the molecule is CCc1cccc2c1[nH]c1cc(NC(=O)CCC3CCCCC3)ccc12. The number of nitrogens with one attached hydrogen (secondary N) is 2. The number of H-pyrrole nitrogens is 1. The zero-order chi connectivity index (χ0) is 17.9. The smallest absolute Gasteiger partial charge is 0.224 e. The molecule has 1 aromatic heterocycles. The molecule has 0 saturated heterocycles. The fourth-order valence-electron chi connectivity index (χ4n) is 4.40. The van der Waals surface area contributed by atoms with Gasteiger partial charge in [0.2, 0.25) is 5.91 Å². The van der Waals surface area contributed by atoms with Gasteiger partial charge in [0, 0.05) is 33.9 Å². The van der Waals surface area contributed by atoms with Crippen molar-refractivity contribution >= 4 is 33.4 Å². The molecule has 1 fully saturated rings. The first-order valence-corrected chi connectivity index (χ1v) is 10.1. The molecule has 0 radical (unpaired) electrons. The number of aromatic amines is 1. The topological polar surface area (TPSA) is 44.9 Å². The number of hydrogen-bond acceptors (Lipinski definition) is 1. The van der Waals surface area contributed by atoms with E-state index >= 15 is 0 Å². The van der Waals surface area contributed by atoms with Crippen molar-refractivity contribution in [1.29, 1.82) is 0 Å². The summed E-state index contributed by atoms with van der Waals surface area (Å²) < 4.78 is 0. The summed E-state index contributed by atoms with van der Waals surface area (Å²) >= 11 is 0. The molecule has 2 aromatic carbocycles. The Morgan fingerprint density at radius 3 is 2.77 bits per heavy atom. The Morgan fingerprint density at radius 1 is 1.12 bits per heavy atom. The number of aromatic nitrogens is 1. The summed E-state index contributed by atoms with van der Waals surface area (Å²) in [5, 5.41) is 5.56. The van der Waals surface area contributed by atoms with Crippen molar-refractivity contribution in [3.8, 4) is 0 Å². The van der Waals surface area contributed by atoms with Gasteiger partial charge < -0.3 is 10.3 Å². The summed E-state index contributed by atoms with van der Waals surface area (Å²) in [5.41, 5.74) is 4.52. The summed E-state index contributed by atoms with van der Waals surface area (Å²) in [6.07, 6.45) is 9.31. The molecule has 0 bridgehead atoms. The molecule has 1 saturated carbocycles. The number of amides is 1. The van der Waals surface area contributed by atoms with Gasteiger partial charge in [-0.05, 0) is 36.5 Å². The van der Waals surface area contributed by atoms with E-state index in [1.807, 2.05) is 6.07 Å². The minimum Gasteiger partial charge on any atom is -0.354 e. The van der Waals surface area contributed by atoms with Crippen molar-refractivity contribution in [2.45, 2.75) is 58.3 Å². The van der Waals surface area contributed by atoms with E-state index in [9.17, 15) is 4.79 Å². The van der Waals surface area contributed by atoms with Gasteiger partial charge in [0.05, 0.1) is 0 Å². The number of carbonyl (C=O) groups is 1. The largest absolute Gasteiger partial charge is 0.354 e. The molecular formula is C23H28N2O. The first kappa shape index (κ1) is 17.1. The van der Waals surface area contributed by atoms with Crippen LogP contribution >= 0.6 is 0 Å². The van der Waals surface area contributed by atoms with Crippen LogP contribution in [0, 0.1) is 5.92 Å². The average molecular weight is 348 g/mol. The first-order chi connectivity index (χ1) is 12.7. The zero-order valence-electron chi connectivity index (χ0n) is 15.6. The van der Waals surface area contributed by atoms with Crippen LogP contribution in [-0.4, -0.2) is 10.9 Å². The van der Waals surface area contributed by atoms with Crippen molar-refractivity contribution in [3.05, 3.63) is 42.0 Å². The van der Waals surface area contributed by atoms with Gasteiger partial charge in [0.1, 0.15) is 0 Å². The highest BCUT2D eigenvalue weighted by Crippen LogP contribution is 2.30. The van der Waals surface area contributed by atoms with Crippen molar-refractivity contribution in [1.82, 2.24) is 4.98 Å². The fraction of sp³-hybridized carbons (Fsp3) is 0.435. The van der Waals surface area contributed by atoms with Crippen molar-refractivity contribution in [2.24, 2.45) is 5.92 Å². The predicted octanol–water partition coefficient (Wildman–Crippen LogP) is 6.18. The lowest BCUT2D eigenvalue weighted by Crippen LogP contribution is -2.14. The van der Waals surface area contributed by atoms with Crippen LogP contribution in [0.4, 0.5) is 5.69 Å². The van der Waals surface area contributed by atoms with Gasteiger partial charge in [0.25, 0.3) is 0 Å². The van der Waals surface area contributed by atoms with E-state index in [1.165, 1.54) is 54.0 Å². The van der Waals surface area contributed by atoms with Gasteiger partial charge in [0.15, 0.2) is 0 Å². The molecule has 1 amide bonds. The average Bonchev–Trinajstić information content (AvgIpc) is 3.05. The van der Waals surface area contributed by atoms with Crippen molar-refractivity contribution < 1.29 is 4.79 Å². The molecule has 26 heavy (non-hydrogen) atoms. The Balaban J connectivity index is 1.48. The van der Waals surface area contributed by atoms with Crippen LogP contribution in [0.25, 0.3) is 21.8 Å². The quantitative estimate of drug-likeness (QED) is 0.568. The number of hydrogen-bond donors (Lipinski definition) is 2. The third-order valence-corrected chi connectivity index (χ3v) is 5.89. The Hall–Kier alpha value is -2.29. The van der Waals surface area contributed by atoms with Gasteiger partial charge in [-0.25, -0.2) is 0 Å². The van der Waals surface area contributed by atoms with Crippen LogP contribution in [0.2, 0.25) is 0 Å². The van der Waals surface area contributed by atoms with Crippen molar-refractivity contribution in [3.63, 3.8) is 0 Å². The lowest BCUT2D eigenvalue weighted by Gasteiger charge is -2.20.